The van der Waals surface area contributed by atoms with Gasteiger partial charge in [0.2, 0.25) is 5.82 Å². The lowest BCUT2D eigenvalue weighted by atomic mass is 10.2. The SMILES string of the molecule is CC1CCC(C(=O)Nc2ccc(C(N)=O)nc2)O1.Fc1cccc(OC(F)F)c1F. The van der Waals surface area contributed by atoms with Crippen molar-refractivity contribution in [2.45, 2.75) is 38.6 Å². The zero-order valence-electron chi connectivity index (χ0n) is 15.8. The largest absolute Gasteiger partial charge is 0.432 e. The lowest BCUT2D eigenvalue weighted by Gasteiger charge is -2.11. The molecule has 0 aliphatic carbocycles. The molecule has 11 heteroatoms. The summed E-state index contributed by atoms with van der Waals surface area (Å²) in [5.74, 6) is -4.19. The van der Waals surface area contributed by atoms with Crippen LogP contribution in [0.2, 0.25) is 0 Å². The molecule has 2 aromatic rings. The average molecular weight is 429 g/mol. The van der Waals surface area contributed by atoms with Crippen LogP contribution in [0.1, 0.15) is 30.3 Å². The van der Waals surface area contributed by atoms with E-state index in [1.54, 1.807) is 6.07 Å². The monoisotopic (exact) mass is 429 g/mol. The second-order valence-corrected chi connectivity index (χ2v) is 6.23. The maximum Gasteiger partial charge on any atom is 0.387 e. The van der Waals surface area contributed by atoms with Crippen LogP contribution in [0.5, 0.6) is 5.75 Å². The number of halogens is 4. The molecule has 1 aromatic heterocycles. The number of aromatic nitrogens is 1. The van der Waals surface area contributed by atoms with E-state index >= 15 is 0 Å². The molecule has 3 rings (SSSR count). The lowest BCUT2D eigenvalue weighted by molar-refractivity contribution is -0.126. The summed E-state index contributed by atoms with van der Waals surface area (Å²) < 4.78 is 57.0. The van der Waals surface area contributed by atoms with Crippen molar-refractivity contribution in [3.8, 4) is 5.75 Å². The first-order chi connectivity index (χ1) is 14.2. The van der Waals surface area contributed by atoms with Gasteiger partial charge >= 0.3 is 6.61 Å². The third-order valence-corrected chi connectivity index (χ3v) is 3.94. The fourth-order valence-electron chi connectivity index (χ4n) is 2.50. The molecule has 1 aliphatic heterocycles. The van der Waals surface area contributed by atoms with Crippen LogP contribution < -0.4 is 15.8 Å². The Labute approximate surface area is 169 Å². The van der Waals surface area contributed by atoms with E-state index in [-0.39, 0.29) is 17.7 Å². The van der Waals surface area contributed by atoms with Gasteiger partial charge < -0.3 is 20.5 Å². The highest BCUT2D eigenvalue weighted by Gasteiger charge is 2.28. The minimum absolute atomic E-state index is 0.121. The summed E-state index contributed by atoms with van der Waals surface area (Å²) in [6.07, 6.45) is 2.72. The smallest absolute Gasteiger partial charge is 0.387 e. The van der Waals surface area contributed by atoms with E-state index in [1.807, 2.05) is 6.92 Å². The average Bonchev–Trinajstić information content (AvgIpc) is 3.13. The number of carbonyl (C=O) groups is 2. The van der Waals surface area contributed by atoms with Gasteiger partial charge in [0, 0.05) is 0 Å². The quantitative estimate of drug-likeness (QED) is 0.711. The molecule has 1 fully saturated rings. The van der Waals surface area contributed by atoms with Crippen molar-refractivity contribution in [3.05, 3.63) is 53.9 Å². The molecule has 7 nitrogen and oxygen atoms in total. The molecule has 1 aliphatic rings. The molecule has 30 heavy (non-hydrogen) atoms. The molecule has 0 radical (unpaired) electrons. The van der Waals surface area contributed by atoms with Crippen LogP contribution in [0.15, 0.2) is 36.5 Å². The summed E-state index contributed by atoms with van der Waals surface area (Å²) >= 11 is 0. The van der Waals surface area contributed by atoms with E-state index < -0.39 is 36.0 Å². The van der Waals surface area contributed by atoms with Crippen LogP contribution in [0, 0.1) is 11.6 Å². The van der Waals surface area contributed by atoms with Crippen LogP contribution >= 0.6 is 0 Å². The first-order valence-corrected chi connectivity index (χ1v) is 8.78. The molecule has 2 atom stereocenters. The number of alkyl halides is 2. The second kappa shape index (κ2) is 10.5. The fraction of sp³-hybridized carbons (Fsp3) is 0.316. The van der Waals surface area contributed by atoms with Crippen LogP contribution in [0.25, 0.3) is 0 Å². The van der Waals surface area contributed by atoms with E-state index in [9.17, 15) is 27.2 Å². The minimum atomic E-state index is -3.15. The summed E-state index contributed by atoms with van der Waals surface area (Å²) in [4.78, 5) is 26.5. The molecule has 2 amide bonds. The normalized spacial score (nSPS) is 17.8. The fourth-order valence-corrected chi connectivity index (χ4v) is 2.50. The van der Waals surface area contributed by atoms with Crippen molar-refractivity contribution in [3.63, 3.8) is 0 Å². The third kappa shape index (κ3) is 6.69. The maximum atomic E-state index is 12.5. The molecule has 0 bridgehead atoms. The van der Waals surface area contributed by atoms with Gasteiger partial charge in [0.25, 0.3) is 11.8 Å². The number of hydrogen-bond acceptors (Lipinski definition) is 5. The first-order valence-electron chi connectivity index (χ1n) is 8.78. The van der Waals surface area contributed by atoms with Crippen LogP contribution in [0.3, 0.4) is 0 Å². The molecule has 1 aromatic carbocycles. The van der Waals surface area contributed by atoms with Gasteiger partial charge in [-0.1, -0.05) is 6.07 Å². The van der Waals surface area contributed by atoms with E-state index in [4.69, 9.17) is 10.5 Å². The Bertz CT molecular complexity index is 881. The van der Waals surface area contributed by atoms with Crippen molar-refractivity contribution < 1.29 is 36.6 Å². The van der Waals surface area contributed by atoms with Crippen molar-refractivity contribution in [2.75, 3.05) is 5.32 Å². The predicted molar refractivity (Wildman–Crippen MR) is 97.9 cm³/mol. The highest BCUT2D eigenvalue weighted by molar-refractivity contribution is 5.95. The summed E-state index contributed by atoms with van der Waals surface area (Å²) in [5, 5.41) is 2.69. The second-order valence-electron chi connectivity index (χ2n) is 6.23. The van der Waals surface area contributed by atoms with Gasteiger partial charge in [0.15, 0.2) is 11.6 Å². The highest BCUT2D eigenvalue weighted by atomic mass is 19.3. The first kappa shape index (κ1) is 23.1. The number of anilines is 1. The number of nitrogens with one attached hydrogen (secondary N) is 1. The van der Waals surface area contributed by atoms with Crippen LogP contribution in [-0.4, -0.2) is 35.6 Å². The topological polar surface area (TPSA) is 104 Å². The van der Waals surface area contributed by atoms with Crippen molar-refractivity contribution in [1.82, 2.24) is 4.98 Å². The van der Waals surface area contributed by atoms with Gasteiger partial charge in [-0.15, -0.1) is 0 Å². The van der Waals surface area contributed by atoms with Crippen LogP contribution in [0.4, 0.5) is 23.2 Å². The van der Waals surface area contributed by atoms with Gasteiger partial charge in [-0.3, -0.25) is 9.59 Å². The number of primary amides is 1. The summed E-state index contributed by atoms with van der Waals surface area (Å²) in [6, 6.07) is 5.87. The zero-order valence-corrected chi connectivity index (χ0v) is 15.8. The van der Waals surface area contributed by atoms with Crippen molar-refractivity contribution in [2.24, 2.45) is 5.73 Å². The standard InChI is InChI=1S/C12H15N3O3.C7H4F4O/c1-7-2-5-10(18-7)12(17)15-8-3-4-9(11(13)16)14-6-8;8-4-2-1-3-5(6(4)9)12-7(10)11/h3-4,6-7,10H,2,5H2,1H3,(H2,13,16)(H,15,17);1-3,7H. The number of ether oxygens (including phenoxy) is 2. The van der Waals surface area contributed by atoms with E-state index in [2.05, 4.69) is 15.0 Å². The summed E-state index contributed by atoms with van der Waals surface area (Å²) in [7, 11) is 0. The summed E-state index contributed by atoms with van der Waals surface area (Å²) in [6.45, 7) is -1.21. The maximum absolute atomic E-state index is 12.5. The third-order valence-electron chi connectivity index (χ3n) is 3.94. The molecule has 3 N–H and O–H groups in total. The molecule has 2 unspecified atom stereocenters. The van der Waals surface area contributed by atoms with Gasteiger partial charge in [0.05, 0.1) is 18.0 Å². The van der Waals surface area contributed by atoms with E-state index in [1.165, 1.54) is 12.3 Å². The number of amides is 2. The van der Waals surface area contributed by atoms with Crippen molar-refractivity contribution >= 4 is 17.5 Å². The van der Waals surface area contributed by atoms with Gasteiger partial charge in [0.1, 0.15) is 11.8 Å². The summed E-state index contributed by atoms with van der Waals surface area (Å²) in [5.41, 5.74) is 5.76. The van der Waals surface area contributed by atoms with Gasteiger partial charge in [-0.2, -0.15) is 13.2 Å². The Morgan fingerprint density at radius 3 is 2.50 bits per heavy atom. The molecule has 162 valence electrons. The minimum Gasteiger partial charge on any atom is -0.432 e. The van der Waals surface area contributed by atoms with Gasteiger partial charge in [-0.25, -0.2) is 9.37 Å². The van der Waals surface area contributed by atoms with Crippen LogP contribution in [-0.2, 0) is 9.53 Å². The number of nitrogens with zero attached hydrogens (tertiary/aromatic N) is 1. The van der Waals surface area contributed by atoms with E-state index in [0.717, 1.165) is 31.0 Å². The molecular weight excluding hydrogens is 410 g/mol. The zero-order chi connectivity index (χ0) is 22.3. The molecule has 2 heterocycles. The number of rotatable bonds is 5. The predicted octanol–water partition coefficient (Wildman–Crippen LogP) is 3.25. The number of nitrogens with two attached hydrogens (primary N) is 1. The Morgan fingerprint density at radius 1 is 1.23 bits per heavy atom. The molecule has 0 saturated carbocycles. The molecule has 1 saturated heterocycles. The molecule has 0 spiro atoms. The van der Waals surface area contributed by atoms with E-state index in [0.29, 0.717) is 5.69 Å². The Hall–Kier alpha value is -3.21. The highest BCUT2D eigenvalue weighted by Crippen LogP contribution is 2.21. The lowest BCUT2D eigenvalue weighted by Crippen LogP contribution is -2.27. The number of carbonyl (C=O) groups excluding carboxylic acids is 2. The number of benzene rings is 1. The molecular formula is C19H19F4N3O4. The Morgan fingerprint density at radius 2 is 1.97 bits per heavy atom. The Kier molecular flexibility index (Phi) is 8.10. The van der Waals surface area contributed by atoms with Gasteiger partial charge in [-0.05, 0) is 44.0 Å². The number of pyridine rings is 1. The van der Waals surface area contributed by atoms with Crippen molar-refractivity contribution in [1.29, 1.82) is 0 Å². The number of hydrogen-bond donors (Lipinski definition) is 2. The Balaban J connectivity index is 0.000000232.